The van der Waals surface area contributed by atoms with E-state index >= 15 is 0 Å². The van der Waals surface area contributed by atoms with Gasteiger partial charge >= 0.3 is 0 Å². The summed E-state index contributed by atoms with van der Waals surface area (Å²) in [6.07, 6.45) is 1.94. The quantitative estimate of drug-likeness (QED) is 0.652. The first-order valence-electron chi connectivity index (χ1n) is 3.35. The first-order chi connectivity index (χ1) is 4.97. The van der Waals surface area contributed by atoms with Crippen molar-refractivity contribution in [3.05, 3.63) is 0 Å². The Bertz CT molecular complexity index is 284. The van der Waals surface area contributed by atoms with Crippen molar-refractivity contribution in [1.29, 1.82) is 5.26 Å². The summed E-state index contributed by atoms with van der Waals surface area (Å²) in [7, 11) is -3.39. The van der Waals surface area contributed by atoms with Gasteiger partial charge in [-0.05, 0) is 18.3 Å². The number of hydrogen-bond acceptors (Lipinski definition) is 3. The van der Waals surface area contributed by atoms with E-state index in [4.69, 9.17) is 10.4 Å². The zero-order valence-electron chi connectivity index (χ0n) is 6.08. The molecule has 1 aliphatic carbocycles. The third-order valence-corrected chi connectivity index (χ3v) is 2.93. The van der Waals surface area contributed by atoms with Crippen molar-refractivity contribution in [3.8, 4) is 6.07 Å². The van der Waals surface area contributed by atoms with E-state index in [1.54, 1.807) is 0 Å². The van der Waals surface area contributed by atoms with Gasteiger partial charge in [0.2, 0.25) is 10.0 Å². The van der Waals surface area contributed by atoms with Crippen molar-refractivity contribution in [3.63, 3.8) is 0 Å². The number of hydrogen-bond donors (Lipinski definition) is 1. The van der Waals surface area contributed by atoms with Crippen molar-refractivity contribution in [2.75, 3.05) is 5.75 Å². The van der Waals surface area contributed by atoms with Gasteiger partial charge in [-0.25, -0.2) is 13.6 Å². The molecular formula is C6H10N2O2S. The minimum atomic E-state index is -3.39. The second-order valence-corrected chi connectivity index (χ2v) is 4.76. The van der Waals surface area contributed by atoms with Crippen LogP contribution in [-0.4, -0.2) is 14.2 Å². The van der Waals surface area contributed by atoms with Crippen LogP contribution >= 0.6 is 0 Å². The second kappa shape index (κ2) is 2.47. The molecule has 0 spiro atoms. The number of sulfonamides is 1. The van der Waals surface area contributed by atoms with Crippen LogP contribution < -0.4 is 5.14 Å². The lowest BCUT2D eigenvalue weighted by Crippen LogP contribution is -2.23. The lowest BCUT2D eigenvalue weighted by molar-refractivity contribution is 0.549. The normalized spacial score (nSPS) is 20.7. The molecule has 0 radical (unpaired) electrons. The molecule has 11 heavy (non-hydrogen) atoms. The summed E-state index contributed by atoms with van der Waals surface area (Å²) in [5.41, 5.74) is -0.289. The Kier molecular flexibility index (Phi) is 1.90. The molecule has 5 heteroatoms. The van der Waals surface area contributed by atoms with Gasteiger partial charge in [0.15, 0.2) is 0 Å². The third-order valence-electron chi connectivity index (χ3n) is 1.92. The highest BCUT2D eigenvalue weighted by molar-refractivity contribution is 7.89. The van der Waals surface area contributed by atoms with E-state index in [2.05, 4.69) is 0 Å². The van der Waals surface area contributed by atoms with E-state index in [1.807, 2.05) is 6.07 Å². The highest BCUT2D eigenvalue weighted by atomic mass is 32.2. The number of primary sulfonamides is 1. The molecule has 0 unspecified atom stereocenters. The maximum atomic E-state index is 10.6. The van der Waals surface area contributed by atoms with Crippen LogP contribution in [0.5, 0.6) is 0 Å². The average Bonchev–Trinajstić information content (AvgIpc) is 2.44. The topological polar surface area (TPSA) is 83.9 Å². The van der Waals surface area contributed by atoms with Crippen LogP contribution in [-0.2, 0) is 10.0 Å². The molecule has 0 bridgehead atoms. The van der Waals surface area contributed by atoms with E-state index in [0.717, 1.165) is 12.8 Å². The average molecular weight is 174 g/mol. The Labute approximate surface area is 66.1 Å². The Balaban J connectivity index is 2.57. The van der Waals surface area contributed by atoms with Gasteiger partial charge in [-0.1, -0.05) is 0 Å². The van der Waals surface area contributed by atoms with Crippen molar-refractivity contribution in [2.45, 2.75) is 19.3 Å². The van der Waals surface area contributed by atoms with E-state index in [-0.39, 0.29) is 11.2 Å². The molecule has 1 fully saturated rings. The van der Waals surface area contributed by atoms with Crippen LogP contribution in [0.25, 0.3) is 0 Å². The van der Waals surface area contributed by atoms with Crippen molar-refractivity contribution < 1.29 is 8.42 Å². The van der Waals surface area contributed by atoms with Gasteiger partial charge in [-0.15, -0.1) is 0 Å². The molecule has 4 nitrogen and oxygen atoms in total. The van der Waals surface area contributed by atoms with Crippen molar-refractivity contribution in [1.82, 2.24) is 0 Å². The lowest BCUT2D eigenvalue weighted by Gasteiger charge is -2.06. The van der Waals surface area contributed by atoms with Crippen LogP contribution in [0.15, 0.2) is 0 Å². The molecule has 1 rings (SSSR count). The lowest BCUT2D eigenvalue weighted by atomic mass is 10.1. The van der Waals surface area contributed by atoms with Crippen LogP contribution in [0.1, 0.15) is 19.3 Å². The standard InChI is InChI=1S/C6H10N2O2S/c7-4-3-6(1-2-6)5-11(8,9)10/h1-3,5H2,(H2,8,9,10). The summed E-state index contributed by atoms with van der Waals surface area (Å²) >= 11 is 0. The van der Waals surface area contributed by atoms with Crippen molar-refractivity contribution in [2.24, 2.45) is 10.6 Å². The van der Waals surface area contributed by atoms with Gasteiger partial charge < -0.3 is 0 Å². The van der Waals surface area contributed by atoms with Gasteiger partial charge in [0.05, 0.1) is 11.8 Å². The van der Waals surface area contributed by atoms with E-state index < -0.39 is 10.0 Å². The van der Waals surface area contributed by atoms with Crippen molar-refractivity contribution >= 4 is 10.0 Å². The number of nitrogens with two attached hydrogens (primary N) is 1. The molecule has 0 atom stereocenters. The van der Waals surface area contributed by atoms with Crippen LogP contribution in [0, 0.1) is 16.7 Å². The summed E-state index contributed by atoms with van der Waals surface area (Å²) in [5, 5.41) is 13.2. The highest BCUT2D eigenvalue weighted by Crippen LogP contribution is 2.49. The fourth-order valence-electron chi connectivity index (χ4n) is 1.14. The molecule has 0 aromatic carbocycles. The molecule has 0 amide bonds. The number of nitriles is 1. The van der Waals surface area contributed by atoms with Gasteiger partial charge in [0.1, 0.15) is 0 Å². The molecule has 0 aromatic rings. The van der Waals surface area contributed by atoms with Gasteiger partial charge in [-0.2, -0.15) is 5.26 Å². The molecule has 0 heterocycles. The summed E-state index contributed by atoms with van der Waals surface area (Å²) in [6.45, 7) is 0. The number of rotatable bonds is 3. The second-order valence-electron chi connectivity index (χ2n) is 3.14. The third kappa shape index (κ3) is 2.48. The molecule has 0 aliphatic heterocycles. The van der Waals surface area contributed by atoms with E-state index in [1.165, 1.54) is 0 Å². The number of nitrogens with zero attached hydrogens (tertiary/aromatic N) is 1. The molecular weight excluding hydrogens is 164 g/mol. The zero-order chi connectivity index (χ0) is 8.54. The van der Waals surface area contributed by atoms with Gasteiger partial charge in [0.25, 0.3) is 0 Å². The SMILES string of the molecule is N#CCC1(CS(N)(=O)=O)CC1. The minimum absolute atomic E-state index is 0.0342. The summed E-state index contributed by atoms with van der Waals surface area (Å²) in [6, 6.07) is 1.97. The molecule has 1 aliphatic rings. The molecule has 0 saturated heterocycles. The van der Waals surface area contributed by atoms with E-state index in [9.17, 15) is 8.42 Å². The smallest absolute Gasteiger partial charge is 0.209 e. The summed E-state index contributed by atoms with van der Waals surface area (Å²) in [4.78, 5) is 0. The monoisotopic (exact) mass is 174 g/mol. The molecule has 1 saturated carbocycles. The zero-order valence-corrected chi connectivity index (χ0v) is 6.89. The van der Waals surface area contributed by atoms with Crippen LogP contribution in [0.3, 0.4) is 0 Å². The Morgan fingerprint density at radius 2 is 2.09 bits per heavy atom. The Morgan fingerprint density at radius 3 is 2.36 bits per heavy atom. The maximum Gasteiger partial charge on any atom is 0.209 e. The van der Waals surface area contributed by atoms with E-state index in [0.29, 0.717) is 6.42 Å². The summed E-state index contributed by atoms with van der Waals surface area (Å²) < 4.78 is 21.3. The Hall–Kier alpha value is -0.600. The minimum Gasteiger partial charge on any atom is -0.229 e. The fraction of sp³-hybridized carbons (Fsp3) is 0.833. The predicted octanol–water partition coefficient (Wildman–Crippen LogP) is -0.0312. The first-order valence-corrected chi connectivity index (χ1v) is 5.06. The molecule has 2 N–H and O–H groups in total. The summed E-state index contributed by atoms with van der Waals surface area (Å²) in [5.74, 6) is -0.0342. The molecule has 62 valence electrons. The predicted molar refractivity (Wildman–Crippen MR) is 39.9 cm³/mol. The van der Waals surface area contributed by atoms with Crippen LogP contribution in [0.4, 0.5) is 0 Å². The highest BCUT2D eigenvalue weighted by Gasteiger charge is 2.45. The van der Waals surface area contributed by atoms with Gasteiger partial charge in [0, 0.05) is 6.42 Å². The molecule has 0 aromatic heterocycles. The maximum absolute atomic E-state index is 10.6. The first kappa shape index (κ1) is 8.50. The Morgan fingerprint density at radius 1 is 1.55 bits per heavy atom. The van der Waals surface area contributed by atoms with Gasteiger partial charge in [-0.3, -0.25) is 0 Å². The van der Waals surface area contributed by atoms with Crippen LogP contribution in [0.2, 0.25) is 0 Å². The fourth-order valence-corrected chi connectivity index (χ4v) is 2.39. The largest absolute Gasteiger partial charge is 0.229 e.